The predicted molar refractivity (Wildman–Crippen MR) is 63.2 cm³/mol. The number of pyridine rings is 1. The van der Waals surface area contributed by atoms with Crippen molar-refractivity contribution in [3.05, 3.63) is 35.6 Å². The molecular formula is C11H5N5S. The number of thiazole rings is 1. The third-order valence-electron chi connectivity index (χ3n) is 2.17. The van der Waals surface area contributed by atoms with E-state index < -0.39 is 0 Å². The van der Waals surface area contributed by atoms with Crippen molar-refractivity contribution in [2.75, 3.05) is 0 Å². The molecule has 0 radical (unpaired) electrons. The molecule has 0 aliphatic heterocycles. The Hall–Kier alpha value is -2.39. The molecule has 3 heterocycles. The van der Waals surface area contributed by atoms with Gasteiger partial charge in [-0.05, 0) is 12.1 Å². The van der Waals surface area contributed by atoms with Crippen LogP contribution in [0.1, 0.15) is 6.93 Å². The number of hydrogen-bond acceptors (Lipinski definition) is 6. The van der Waals surface area contributed by atoms with Gasteiger partial charge in [0.2, 0.25) is 0 Å². The molecule has 0 spiro atoms. The van der Waals surface area contributed by atoms with Gasteiger partial charge >= 0.3 is 0 Å². The Morgan fingerprint density at radius 2 is 2.12 bits per heavy atom. The lowest BCUT2D eigenvalue weighted by molar-refractivity contribution is 1.22. The maximum atomic E-state index is 8.70. The third-order valence-corrected chi connectivity index (χ3v) is 2.82. The largest absolute Gasteiger partial charge is 0.253 e. The van der Waals surface area contributed by atoms with Gasteiger partial charge in [-0.3, -0.25) is 4.98 Å². The number of nitriles is 1. The van der Waals surface area contributed by atoms with Crippen molar-refractivity contribution in [3.63, 3.8) is 0 Å². The van der Waals surface area contributed by atoms with Gasteiger partial charge < -0.3 is 0 Å². The summed E-state index contributed by atoms with van der Waals surface area (Å²) in [6, 6.07) is 5.40. The minimum absolute atomic E-state index is 0.190. The fourth-order valence-corrected chi connectivity index (χ4v) is 1.91. The lowest BCUT2D eigenvalue weighted by atomic mass is 10.2. The van der Waals surface area contributed by atoms with E-state index in [1.54, 1.807) is 18.3 Å². The number of nitrogens with zero attached hydrogens (tertiary/aromatic N) is 5. The molecule has 0 amide bonds. The molecule has 0 atom stereocenters. The van der Waals surface area contributed by atoms with Crippen LogP contribution >= 0.6 is 11.3 Å². The minimum Gasteiger partial charge on any atom is -0.253 e. The van der Waals surface area contributed by atoms with Gasteiger partial charge in [0.25, 0.3) is 0 Å². The molecule has 0 aromatic carbocycles. The predicted octanol–water partition coefficient (Wildman–Crippen LogP) is 2.02. The minimum atomic E-state index is 0.190. The van der Waals surface area contributed by atoms with Gasteiger partial charge in [0.15, 0.2) is 10.5 Å². The Morgan fingerprint density at radius 1 is 1.18 bits per heavy atom. The van der Waals surface area contributed by atoms with Crippen molar-refractivity contribution >= 4 is 21.8 Å². The average molecular weight is 240 g/mol. The Kier molecular flexibility index (Phi) is 1.99. The van der Waals surface area contributed by atoms with E-state index in [0.29, 0.717) is 27.4 Å². The smallest absolute Gasteiger partial charge is 0.189 e. The van der Waals surface area contributed by atoms with Crippen molar-refractivity contribution in [1.29, 1.82) is 5.26 Å². The molecule has 0 saturated heterocycles. The van der Waals surface area contributed by atoms with E-state index in [4.69, 9.17) is 6.63 Å². The van der Waals surface area contributed by atoms with Crippen molar-refractivity contribution in [2.24, 2.45) is 0 Å². The van der Waals surface area contributed by atoms with Gasteiger partial charge in [0.05, 0.1) is 24.3 Å². The van der Waals surface area contributed by atoms with Crippen LogP contribution in [-0.2, 0) is 0 Å². The van der Waals surface area contributed by atoms with Gasteiger partial charge in [0.1, 0.15) is 11.8 Å². The first-order valence-corrected chi connectivity index (χ1v) is 5.54. The van der Waals surface area contributed by atoms with Crippen molar-refractivity contribution in [2.45, 2.75) is 0 Å². The maximum Gasteiger partial charge on any atom is 0.189 e. The number of fused-ring (bicyclic) bond motifs is 1. The first kappa shape index (κ1) is 8.73. The SMILES string of the molecule is [2H]c1nc2ncc(-c3ccc(C#N)cn3)nc2s1. The second-order valence-electron chi connectivity index (χ2n) is 3.23. The summed E-state index contributed by atoms with van der Waals surface area (Å²) in [5, 5.41) is 8.70. The lowest BCUT2D eigenvalue weighted by Gasteiger charge is -1.98. The molecule has 0 fully saturated rings. The topological polar surface area (TPSA) is 75.3 Å². The van der Waals surface area contributed by atoms with E-state index in [1.807, 2.05) is 6.07 Å². The Bertz CT molecular complexity index is 759. The van der Waals surface area contributed by atoms with Crippen LogP contribution in [0.2, 0.25) is 0 Å². The monoisotopic (exact) mass is 240 g/mol. The van der Waals surface area contributed by atoms with Gasteiger partial charge in [-0.15, -0.1) is 11.3 Å². The van der Waals surface area contributed by atoms with Crippen molar-refractivity contribution in [3.8, 4) is 17.5 Å². The molecule has 5 nitrogen and oxygen atoms in total. The third kappa shape index (κ3) is 1.73. The quantitative estimate of drug-likeness (QED) is 0.650. The van der Waals surface area contributed by atoms with E-state index in [0.717, 1.165) is 0 Å². The fourth-order valence-electron chi connectivity index (χ4n) is 1.36. The molecule has 3 aromatic heterocycles. The first-order chi connectivity index (χ1) is 8.76. The van der Waals surface area contributed by atoms with Gasteiger partial charge in [-0.2, -0.15) is 5.26 Å². The second kappa shape index (κ2) is 3.88. The molecule has 3 rings (SSSR count). The number of rotatable bonds is 1. The van der Waals surface area contributed by atoms with Crippen LogP contribution in [-0.4, -0.2) is 19.9 Å². The number of aromatic nitrogens is 4. The highest BCUT2D eigenvalue weighted by molar-refractivity contribution is 7.16. The summed E-state index contributed by atoms with van der Waals surface area (Å²) < 4.78 is 7.43. The lowest BCUT2D eigenvalue weighted by Crippen LogP contribution is -1.89. The van der Waals surface area contributed by atoms with Crippen LogP contribution in [0.3, 0.4) is 0 Å². The van der Waals surface area contributed by atoms with Gasteiger partial charge in [-0.25, -0.2) is 15.0 Å². The zero-order valence-corrected chi connectivity index (χ0v) is 9.27. The normalized spacial score (nSPS) is 11.1. The molecule has 80 valence electrons. The fraction of sp³-hybridized carbons (Fsp3) is 0. The highest BCUT2D eigenvalue weighted by Gasteiger charge is 2.05. The summed E-state index contributed by atoms with van der Waals surface area (Å²) in [6.07, 6.45) is 3.06. The maximum absolute atomic E-state index is 8.70. The summed E-state index contributed by atoms with van der Waals surface area (Å²) in [6.45, 7) is 0. The highest BCUT2D eigenvalue weighted by atomic mass is 32.1. The van der Waals surface area contributed by atoms with Crippen LogP contribution in [0.15, 0.2) is 30.0 Å². The number of hydrogen-bond donors (Lipinski definition) is 0. The molecule has 0 bridgehead atoms. The Labute approximate surface area is 102 Å². The van der Waals surface area contributed by atoms with Gasteiger partial charge in [-0.1, -0.05) is 0 Å². The molecule has 0 unspecified atom stereocenters. The Balaban J connectivity index is 2.10. The molecule has 6 heteroatoms. The van der Waals surface area contributed by atoms with Gasteiger partial charge in [0, 0.05) is 6.20 Å². The van der Waals surface area contributed by atoms with Crippen molar-refractivity contribution < 1.29 is 1.37 Å². The molecule has 0 saturated carbocycles. The molecule has 0 aliphatic rings. The van der Waals surface area contributed by atoms with Crippen LogP contribution in [0.4, 0.5) is 0 Å². The molecule has 17 heavy (non-hydrogen) atoms. The highest BCUT2D eigenvalue weighted by Crippen LogP contribution is 2.18. The zero-order valence-electron chi connectivity index (χ0n) is 9.45. The summed E-state index contributed by atoms with van der Waals surface area (Å²) >= 11 is 1.17. The average Bonchev–Trinajstić information content (AvgIpc) is 2.78. The van der Waals surface area contributed by atoms with Crippen molar-refractivity contribution in [1.82, 2.24) is 19.9 Å². The van der Waals surface area contributed by atoms with E-state index in [-0.39, 0.29) is 5.49 Å². The van der Waals surface area contributed by atoms with Crippen LogP contribution in [0.5, 0.6) is 0 Å². The summed E-state index contributed by atoms with van der Waals surface area (Å²) in [5.41, 5.74) is 2.41. The molecule has 3 aromatic rings. The molecule has 0 N–H and O–H groups in total. The summed E-state index contributed by atoms with van der Waals surface area (Å²) in [5.74, 6) is 0. The van der Waals surface area contributed by atoms with E-state index in [9.17, 15) is 0 Å². The second-order valence-corrected chi connectivity index (χ2v) is 4.01. The standard InChI is InChI=1S/C11H5N5S/c12-3-7-1-2-8(13-4-7)9-5-14-10-11(16-9)17-6-15-10/h1-2,4-6H/i6D. The molecular weight excluding hydrogens is 234 g/mol. The van der Waals surface area contributed by atoms with E-state index in [1.165, 1.54) is 17.5 Å². The van der Waals surface area contributed by atoms with Crippen LogP contribution in [0.25, 0.3) is 21.9 Å². The summed E-state index contributed by atoms with van der Waals surface area (Å²) in [7, 11) is 0. The first-order valence-electron chi connectivity index (χ1n) is 5.23. The Morgan fingerprint density at radius 3 is 2.88 bits per heavy atom. The van der Waals surface area contributed by atoms with Crippen LogP contribution in [0, 0.1) is 11.3 Å². The summed E-state index contributed by atoms with van der Waals surface area (Å²) in [4.78, 5) is 17.2. The van der Waals surface area contributed by atoms with Crippen LogP contribution < -0.4 is 0 Å². The molecule has 0 aliphatic carbocycles. The van der Waals surface area contributed by atoms with E-state index >= 15 is 0 Å². The van der Waals surface area contributed by atoms with E-state index in [2.05, 4.69) is 19.9 Å². The zero-order chi connectivity index (χ0) is 12.5.